The number of hydrogen-bond acceptors (Lipinski definition) is 1. The van der Waals surface area contributed by atoms with Crippen LogP contribution in [0.3, 0.4) is 0 Å². The number of aryl methyl sites for hydroxylation is 1. The van der Waals surface area contributed by atoms with Gasteiger partial charge in [0.15, 0.2) is 0 Å². The topological polar surface area (TPSA) is 29.4 Å². The van der Waals surface area contributed by atoms with Crippen LogP contribution in [0.5, 0.6) is 0 Å². The van der Waals surface area contributed by atoms with Gasteiger partial charge in [-0.3, -0.25) is 0 Å². The van der Waals surface area contributed by atoms with Crippen molar-refractivity contribution in [3.05, 3.63) is 35.4 Å². The van der Waals surface area contributed by atoms with E-state index < -0.39 is 11.0 Å². The van der Waals surface area contributed by atoms with Gasteiger partial charge in [-0.05, 0) is 46.1 Å². The van der Waals surface area contributed by atoms with Gasteiger partial charge in [-0.25, -0.2) is 4.21 Å². The lowest BCUT2D eigenvalue weighted by Gasteiger charge is -2.15. The van der Waals surface area contributed by atoms with E-state index >= 15 is 0 Å². The summed E-state index contributed by atoms with van der Waals surface area (Å²) in [6.45, 7) is 7.84. The normalized spacial score (nSPS) is 14.5. The maximum Gasteiger partial charge on any atom is 0.145 e. The first-order valence-electron chi connectivity index (χ1n) is 6.47. The molecule has 0 bridgehead atoms. The Morgan fingerprint density at radius 2 is 1.84 bits per heavy atom. The van der Waals surface area contributed by atoms with E-state index in [9.17, 15) is 4.21 Å². The van der Waals surface area contributed by atoms with Gasteiger partial charge < -0.3 is 0 Å². The third kappa shape index (κ3) is 5.45. The van der Waals surface area contributed by atoms with Crippen LogP contribution in [0.15, 0.2) is 28.7 Å². The van der Waals surface area contributed by atoms with Crippen molar-refractivity contribution >= 4 is 28.3 Å². The van der Waals surface area contributed by atoms with E-state index in [1.807, 2.05) is 52.0 Å². The fraction of sp³-hybridized carbons (Fsp3) is 0.533. The van der Waals surface area contributed by atoms with Gasteiger partial charge in [0, 0.05) is 5.88 Å². The molecule has 0 aliphatic carbocycles. The Bertz CT molecular complexity index is 460. The first-order chi connectivity index (χ1) is 8.84. The van der Waals surface area contributed by atoms with E-state index in [2.05, 4.69) is 4.40 Å². The van der Waals surface area contributed by atoms with Gasteiger partial charge in [0.1, 0.15) is 11.0 Å². The van der Waals surface area contributed by atoms with Crippen molar-refractivity contribution < 1.29 is 4.21 Å². The van der Waals surface area contributed by atoms with E-state index in [0.717, 1.165) is 24.1 Å². The highest BCUT2D eigenvalue weighted by atomic mass is 35.5. The summed E-state index contributed by atoms with van der Waals surface area (Å²) in [5.41, 5.74) is 3.12. The molecule has 4 heteroatoms. The summed E-state index contributed by atoms with van der Waals surface area (Å²) in [4.78, 5) is 0. The summed E-state index contributed by atoms with van der Waals surface area (Å²) in [5.74, 6) is 0.590. The van der Waals surface area contributed by atoms with Crippen molar-refractivity contribution in [3.63, 3.8) is 0 Å². The molecule has 0 radical (unpaired) electrons. The molecule has 0 saturated heterocycles. The zero-order chi connectivity index (χ0) is 14.5. The average Bonchev–Trinajstić information content (AvgIpc) is 2.34. The Kier molecular flexibility index (Phi) is 6.21. The zero-order valence-corrected chi connectivity index (χ0v) is 13.6. The third-order valence-corrected chi connectivity index (χ3v) is 4.35. The fourth-order valence-corrected chi connectivity index (χ4v) is 2.26. The molecule has 0 amide bonds. The Hall–Kier alpha value is -0.670. The molecule has 0 unspecified atom stereocenters. The van der Waals surface area contributed by atoms with Crippen LogP contribution in [0.2, 0.25) is 0 Å². The number of halogens is 1. The molecule has 19 heavy (non-hydrogen) atoms. The molecule has 1 aromatic carbocycles. The lowest BCUT2D eigenvalue weighted by molar-refractivity contribution is 0.650. The maximum atomic E-state index is 12.2. The lowest BCUT2D eigenvalue weighted by atomic mass is 10.0. The second-order valence-electron chi connectivity index (χ2n) is 5.56. The molecule has 0 N–H and O–H groups in total. The number of nitrogens with zero attached hydrogens (tertiary/aromatic N) is 1. The Labute approximate surface area is 123 Å². The quantitative estimate of drug-likeness (QED) is 0.590. The minimum absolute atomic E-state index is 0.336. The zero-order valence-electron chi connectivity index (χ0n) is 12.1. The van der Waals surface area contributed by atoms with Crippen molar-refractivity contribution in [2.75, 3.05) is 5.88 Å². The van der Waals surface area contributed by atoms with Crippen LogP contribution in [0.4, 0.5) is 0 Å². The van der Waals surface area contributed by atoms with Gasteiger partial charge in [0.25, 0.3) is 0 Å². The van der Waals surface area contributed by atoms with Gasteiger partial charge in [0.05, 0.1) is 10.5 Å². The fourth-order valence-electron chi connectivity index (χ4n) is 1.46. The summed E-state index contributed by atoms with van der Waals surface area (Å²) in [6, 6.07) is 8.15. The van der Waals surface area contributed by atoms with Gasteiger partial charge in [0.2, 0.25) is 0 Å². The molecule has 0 spiro atoms. The van der Waals surface area contributed by atoms with Crippen LogP contribution in [-0.2, 0) is 11.0 Å². The molecule has 0 aliphatic heterocycles. The molecule has 2 nitrogen and oxygen atoms in total. The first-order valence-corrected chi connectivity index (χ1v) is 8.11. The third-order valence-electron chi connectivity index (χ3n) is 2.65. The van der Waals surface area contributed by atoms with Crippen LogP contribution in [-0.4, -0.2) is 20.5 Å². The van der Waals surface area contributed by atoms with Crippen molar-refractivity contribution in [2.45, 2.75) is 45.3 Å². The summed E-state index contributed by atoms with van der Waals surface area (Å²) in [7, 11) is -1.23. The van der Waals surface area contributed by atoms with Gasteiger partial charge in [-0.1, -0.05) is 29.8 Å². The number of rotatable bonds is 5. The molecule has 0 saturated carbocycles. The number of benzene rings is 1. The van der Waals surface area contributed by atoms with E-state index in [0.29, 0.717) is 5.88 Å². The van der Waals surface area contributed by atoms with Crippen LogP contribution >= 0.6 is 11.6 Å². The Morgan fingerprint density at radius 3 is 2.32 bits per heavy atom. The SMILES string of the molecule is Cc1ccc(C(CCCCl)=N[S@@](=O)C(C)(C)C)cc1. The van der Waals surface area contributed by atoms with E-state index in [1.165, 1.54) is 5.56 Å². The summed E-state index contributed by atoms with van der Waals surface area (Å²) < 4.78 is 16.2. The van der Waals surface area contributed by atoms with Crippen molar-refractivity contribution in [2.24, 2.45) is 4.40 Å². The molecule has 0 fully saturated rings. The molecular formula is C15H22ClNOS. The minimum Gasteiger partial charge on any atom is -0.234 e. The first kappa shape index (κ1) is 16.4. The molecule has 1 rings (SSSR count). The monoisotopic (exact) mass is 299 g/mol. The number of alkyl halides is 1. The highest BCUT2D eigenvalue weighted by Crippen LogP contribution is 2.16. The highest BCUT2D eigenvalue weighted by Gasteiger charge is 2.20. The van der Waals surface area contributed by atoms with E-state index in [-0.39, 0.29) is 4.75 Å². The molecule has 106 valence electrons. The predicted octanol–water partition coefficient (Wildman–Crippen LogP) is 4.27. The second kappa shape index (κ2) is 7.20. The summed E-state index contributed by atoms with van der Waals surface area (Å²) in [6.07, 6.45) is 1.60. The molecule has 1 aromatic rings. The largest absolute Gasteiger partial charge is 0.234 e. The van der Waals surface area contributed by atoms with Gasteiger partial charge in [-0.15, -0.1) is 11.6 Å². The minimum atomic E-state index is -1.23. The predicted molar refractivity (Wildman–Crippen MR) is 85.6 cm³/mol. The summed E-state index contributed by atoms with van der Waals surface area (Å²) in [5, 5.41) is 0. The van der Waals surface area contributed by atoms with Crippen LogP contribution < -0.4 is 0 Å². The summed E-state index contributed by atoms with van der Waals surface area (Å²) >= 11 is 5.75. The van der Waals surface area contributed by atoms with Crippen LogP contribution in [0.25, 0.3) is 0 Å². The van der Waals surface area contributed by atoms with Crippen LogP contribution in [0, 0.1) is 6.92 Å². The molecule has 0 aliphatic rings. The molecular weight excluding hydrogens is 278 g/mol. The highest BCUT2D eigenvalue weighted by molar-refractivity contribution is 7.85. The van der Waals surface area contributed by atoms with Gasteiger partial charge >= 0.3 is 0 Å². The smallest absolute Gasteiger partial charge is 0.145 e. The second-order valence-corrected chi connectivity index (χ2v) is 7.84. The van der Waals surface area contributed by atoms with Gasteiger partial charge in [-0.2, -0.15) is 4.40 Å². The van der Waals surface area contributed by atoms with Crippen molar-refractivity contribution in [1.29, 1.82) is 0 Å². The van der Waals surface area contributed by atoms with E-state index in [4.69, 9.17) is 11.6 Å². The Balaban J connectivity index is 3.04. The standard InChI is InChI=1S/C15H22ClNOS/c1-12-7-9-13(10-8-12)14(6-5-11-16)17-19(18)15(2,3)4/h7-10H,5-6,11H2,1-4H3/t19-/m0/s1. The number of hydrogen-bond donors (Lipinski definition) is 0. The molecule has 0 aromatic heterocycles. The van der Waals surface area contributed by atoms with E-state index in [1.54, 1.807) is 0 Å². The van der Waals surface area contributed by atoms with Crippen molar-refractivity contribution in [3.8, 4) is 0 Å². The van der Waals surface area contributed by atoms with Crippen LogP contribution in [0.1, 0.15) is 44.7 Å². The maximum absolute atomic E-state index is 12.2. The average molecular weight is 300 g/mol. The molecule has 0 heterocycles. The lowest BCUT2D eigenvalue weighted by Crippen LogP contribution is -2.21. The van der Waals surface area contributed by atoms with Crippen molar-refractivity contribution in [1.82, 2.24) is 0 Å². The Morgan fingerprint density at radius 1 is 1.26 bits per heavy atom. The molecule has 1 atom stereocenters.